The Morgan fingerprint density at radius 1 is 1.00 bits per heavy atom. The highest BCUT2D eigenvalue weighted by molar-refractivity contribution is 5.76. The maximum Gasteiger partial charge on any atom is 0.335 e. The molecule has 0 unspecified atom stereocenters. The molecule has 0 spiro atoms. The van der Waals surface area contributed by atoms with Crippen LogP contribution in [0.4, 0.5) is 0 Å². The summed E-state index contributed by atoms with van der Waals surface area (Å²) in [5, 5.41) is 8.82. The van der Waals surface area contributed by atoms with Crippen molar-refractivity contribution in [3.05, 3.63) is 29.8 Å². The number of epoxide rings is 1. The number of carboxylic acid groups (broad SMARTS) is 1. The number of hydrogen-bond donors (Lipinski definition) is 1. The molecule has 1 aromatic rings. The molecule has 134 valence electrons. The lowest BCUT2D eigenvalue weighted by Gasteiger charge is -2.08. The Labute approximate surface area is 141 Å². The first-order valence-electron chi connectivity index (χ1n) is 8.06. The first kappa shape index (κ1) is 18.7. The van der Waals surface area contributed by atoms with Gasteiger partial charge in [0, 0.05) is 6.61 Å². The summed E-state index contributed by atoms with van der Waals surface area (Å²) in [4.78, 5) is 10.7. The minimum Gasteiger partial charge on any atom is -0.491 e. The maximum atomic E-state index is 10.7. The molecule has 1 aliphatic heterocycles. The third-order valence-corrected chi connectivity index (χ3v) is 3.39. The molecule has 0 radical (unpaired) electrons. The Balaban J connectivity index is 1.50. The summed E-state index contributed by atoms with van der Waals surface area (Å²) in [5.41, 5.74) is 0.843. The predicted molar refractivity (Wildman–Crippen MR) is 85.3 cm³/mol. The highest BCUT2D eigenvalue weighted by atomic mass is 16.6. The van der Waals surface area contributed by atoms with Crippen molar-refractivity contribution < 1.29 is 33.6 Å². The van der Waals surface area contributed by atoms with E-state index in [1.54, 1.807) is 12.1 Å². The molecule has 0 amide bonds. The van der Waals surface area contributed by atoms with Crippen molar-refractivity contribution in [2.75, 3.05) is 46.2 Å². The third-order valence-electron chi connectivity index (χ3n) is 3.39. The first-order valence-corrected chi connectivity index (χ1v) is 8.06. The normalized spacial score (nSPS) is 19.2. The summed E-state index contributed by atoms with van der Waals surface area (Å²) in [6.07, 6.45) is -1.07. The van der Waals surface area contributed by atoms with E-state index in [9.17, 15) is 4.79 Å². The molecule has 2 atom stereocenters. The van der Waals surface area contributed by atoms with E-state index in [1.807, 2.05) is 19.1 Å². The van der Waals surface area contributed by atoms with Gasteiger partial charge in [-0.2, -0.15) is 0 Å². The zero-order chi connectivity index (χ0) is 17.2. The molecule has 1 fully saturated rings. The van der Waals surface area contributed by atoms with Crippen LogP contribution in [0.1, 0.15) is 18.6 Å². The average molecular weight is 340 g/mol. The molecular formula is C17H24O7. The molecule has 1 N–H and O–H groups in total. The van der Waals surface area contributed by atoms with Crippen LogP contribution in [0, 0.1) is 0 Å². The molecule has 7 nitrogen and oxygen atoms in total. The molecule has 0 aromatic heterocycles. The molecule has 24 heavy (non-hydrogen) atoms. The van der Waals surface area contributed by atoms with Crippen molar-refractivity contribution in [2.24, 2.45) is 0 Å². The molecule has 7 heteroatoms. The van der Waals surface area contributed by atoms with Crippen LogP contribution >= 0.6 is 0 Å². The van der Waals surface area contributed by atoms with Gasteiger partial charge in [-0.25, -0.2) is 4.79 Å². The van der Waals surface area contributed by atoms with E-state index in [0.29, 0.717) is 52.0 Å². The van der Waals surface area contributed by atoms with Crippen molar-refractivity contribution in [3.8, 4) is 5.75 Å². The van der Waals surface area contributed by atoms with Crippen LogP contribution in [0.5, 0.6) is 5.75 Å². The largest absolute Gasteiger partial charge is 0.491 e. The lowest BCUT2D eigenvalue weighted by Crippen LogP contribution is -2.12. The Morgan fingerprint density at radius 2 is 1.58 bits per heavy atom. The Kier molecular flexibility index (Phi) is 7.97. The van der Waals surface area contributed by atoms with Gasteiger partial charge in [0.05, 0.1) is 33.0 Å². The van der Waals surface area contributed by atoms with Gasteiger partial charge in [0.15, 0.2) is 6.10 Å². The fourth-order valence-electron chi connectivity index (χ4n) is 2.11. The summed E-state index contributed by atoms with van der Waals surface area (Å²) in [6, 6.07) is 7.23. The van der Waals surface area contributed by atoms with Gasteiger partial charge >= 0.3 is 5.97 Å². The van der Waals surface area contributed by atoms with Crippen molar-refractivity contribution in [1.82, 2.24) is 0 Å². The molecule has 1 heterocycles. The highest BCUT2D eigenvalue weighted by Gasteiger charge is 2.46. The molecule has 1 saturated heterocycles. The second kappa shape index (κ2) is 10.2. The van der Waals surface area contributed by atoms with Crippen LogP contribution in [-0.4, -0.2) is 63.4 Å². The van der Waals surface area contributed by atoms with Gasteiger partial charge in [-0.15, -0.1) is 0 Å². The average Bonchev–Trinajstić information content (AvgIpc) is 3.38. The van der Waals surface area contributed by atoms with E-state index in [-0.39, 0.29) is 6.10 Å². The summed E-state index contributed by atoms with van der Waals surface area (Å²) >= 11 is 0. The van der Waals surface area contributed by atoms with E-state index < -0.39 is 12.1 Å². The summed E-state index contributed by atoms with van der Waals surface area (Å²) in [6.45, 7) is 5.80. The van der Waals surface area contributed by atoms with E-state index in [4.69, 9.17) is 28.8 Å². The van der Waals surface area contributed by atoms with Gasteiger partial charge in [0.25, 0.3) is 0 Å². The summed E-state index contributed by atoms with van der Waals surface area (Å²) < 4.78 is 26.5. The van der Waals surface area contributed by atoms with Gasteiger partial charge in [-0.05, 0) is 24.6 Å². The lowest BCUT2D eigenvalue weighted by molar-refractivity contribution is -0.138. The van der Waals surface area contributed by atoms with Gasteiger partial charge in [0.2, 0.25) is 0 Å². The number of hydrogen-bond acceptors (Lipinski definition) is 6. The number of rotatable bonds is 13. The third kappa shape index (κ3) is 6.45. The highest BCUT2D eigenvalue weighted by Crippen LogP contribution is 2.39. The zero-order valence-corrected chi connectivity index (χ0v) is 13.8. The number of carbonyl (C=O) groups is 1. The standard InChI is InChI=1S/C17H24O7/c1-2-20-7-8-21-9-10-22-11-12-23-14-5-3-13(4-6-14)15-16(24-15)17(18)19/h3-6,15-16H,2,7-12H2,1H3,(H,18,19)/t15-,16+/m1/s1. The molecule has 0 bridgehead atoms. The van der Waals surface area contributed by atoms with Crippen LogP contribution < -0.4 is 4.74 Å². The van der Waals surface area contributed by atoms with Crippen LogP contribution in [0.3, 0.4) is 0 Å². The number of carboxylic acids is 1. The van der Waals surface area contributed by atoms with Crippen LogP contribution in [0.15, 0.2) is 24.3 Å². The Hall–Kier alpha value is -1.67. The molecule has 2 rings (SSSR count). The van der Waals surface area contributed by atoms with Gasteiger partial charge in [-0.3, -0.25) is 0 Å². The van der Waals surface area contributed by atoms with Crippen molar-refractivity contribution in [3.63, 3.8) is 0 Å². The first-order chi connectivity index (χ1) is 11.7. The second-order valence-corrected chi connectivity index (χ2v) is 5.15. The predicted octanol–water partition coefficient (Wildman–Crippen LogP) is 1.66. The molecular weight excluding hydrogens is 316 g/mol. The minimum atomic E-state index is -0.931. The molecule has 1 aliphatic rings. The molecule has 0 aliphatic carbocycles. The van der Waals surface area contributed by atoms with Crippen LogP contribution in [0.25, 0.3) is 0 Å². The maximum absolute atomic E-state index is 10.7. The fourth-order valence-corrected chi connectivity index (χ4v) is 2.11. The van der Waals surface area contributed by atoms with E-state index in [0.717, 1.165) is 5.56 Å². The minimum absolute atomic E-state index is 0.345. The lowest BCUT2D eigenvalue weighted by atomic mass is 10.1. The monoisotopic (exact) mass is 340 g/mol. The smallest absolute Gasteiger partial charge is 0.335 e. The number of aliphatic carboxylic acids is 1. The molecule has 0 saturated carbocycles. The SMILES string of the molecule is CCOCCOCCOCCOc1ccc([C@H]2O[C@@H]2C(=O)O)cc1. The Bertz CT molecular complexity index is 488. The Morgan fingerprint density at radius 3 is 2.12 bits per heavy atom. The van der Waals surface area contributed by atoms with Gasteiger partial charge in [0.1, 0.15) is 18.5 Å². The van der Waals surface area contributed by atoms with Crippen molar-refractivity contribution >= 4 is 5.97 Å². The van der Waals surface area contributed by atoms with Gasteiger partial charge in [-0.1, -0.05) is 12.1 Å². The second-order valence-electron chi connectivity index (χ2n) is 5.15. The fraction of sp³-hybridized carbons (Fsp3) is 0.588. The van der Waals surface area contributed by atoms with E-state index in [1.165, 1.54) is 0 Å². The van der Waals surface area contributed by atoms with Crippen LogP contribution in [-0.2, 0) is 23.7 Å². The van der Waals surface area contributed by atoms with Crippen molar-refractivity contribution in [2.45, 2.75) is 19.1 Å². The van der Waals surface area contributed by atoms with Gasteiger partial charge < -0.3 is 28.8 Å². The quantitative estimate of drug-likeness (QED) is 0.432. The number of ether oxygens (including phenoxy) is 5. The summed E-state index contributed by atoms with van der Waals surface area (Å²) in [5.74, 6) is -0.220. The van der Waals surface area contributed by atoms with Crippen LogP contribution in [0.2, 0.25) is 0 Å². The van der Waals surface area contributed by atoms with Crippen molar-refractivity contribution in [1.29, 1.82) is 0 Å². The molecule has 1 aromatic carbocycles. The van der Waals surface area contributed by atoms with E-state index >= 15 is 0 Å². The zero-order valence-electron chi connectivity index (χ0n) is 13.8. The van der Waals surface area contributed by atoms with E-state index in [2.05, 4.69) is 0 Å². The number of benzene rings is 1. The topological polar surface area (TPSA) is 86.8 Å². The summed E-state index contributed by atoms with van der Waals surface area (Å²) in [7, 11) is 0.